The molecule has 1 nitrogen and oxygen atoms in total. The molecule has 0 rings (SSSR count). The van der Waals surface area contributed by atoms with Crippen molar-refractivity contribution in [2.45, 2.75) is 79.7 Å². The third kappa shape index (κ3) is 7.81. The van der Waals surface area contributed by atoms with Crippen molar-refractivity contribution in [3.63, 3.8) is 0 Å². The SMILES string of the molecule is CCC(CC(C)C)(CC(C)C)NCCC(C)C. The van der Waals surface area contributed by atoms with Crippen molar-refractivity contribution in [1.82, 2.24) is 5.32 Å². The second kappa shape index (κ2) is 8.13. The number of rotatable bonds is 9. The highest BCUT2D eigenvalue weighted by Crippen LogP contribution is 2.28. The summed E-state index contributed by atoms with van der Waals surface area (Å²) in [6.07, 6.45) is 5.15. The second-order valence-electron chi connectivity index (χ2n) is 6.94. The van der Waals surface area contributed by atoms with Gasteiger partial charge in [-0.05, 0) is 50.0 Å². The maximum Gasteiger partial charge on any atom is 0.0183 e. The molecule has 1 heteroatoms. The van der Waals surface area contributed by atoms with Gasteiger partial charge in [-0.3, -0.25) is 0 Å². The summed E-state index contributed by atoms with van der Waals surface area (Å²) in [6, 6.07) is 0. The Bertz CT molecular complexity index is 172. The Morgan fingerprint density at radius 1 is 0.824 bits per heavy atom. The minimum atomic E-state index is 0.372. The van der Waals surface area contributed by atoms with Crippen molar-refractivity contribution in [2.75, 3.05) is 6.54 Å². The summed E-state index contributed by atoms with van der Waals surface area (Å²) in [4.78, 5) is 0. The number of nitrogens with one attached hydrogen (secondary N) is 1. The molecule has 0 aliphatic heterocycles. The lowest BCUT2D eigenvalue weighted by Gasteiger charge is -2.37. The van der Waals surface area contributed by atoms with Crippen LogP contribution in [0.3, 0.4) is 0 Å². The molecular weight excluding hydrogens is 206 g/mol. The van der Waals surface area contributed by atoms with E-state index >= 15 is 0 Å². The molecule has 0 aliphatic carbocycles. The Balaban J connectivity index is 4.44. The Kier molecular flexibility index (Phi) is 8.11. The lowest BCUT2D eigenvalue weighted by Crippen LogP contribution is -2.47. The van der Waals surface area contributed by atoms with Gasteiger partial charge < -0.3 is 5.32 Å². The fraction of sp³-hybridized carbons (Fsp3) is 1.00. The summed E-state index contributed by atoms with van der Waals surface area (Å²) in [5, 5.41) is 3.88. The van der Waals surface area contributed by atoms with E-state index in [4.69, 9.17) is 0 Å². The van der Waals surface area contributed by atoms with Gasteiger partial charge in [0.15, 0.2) is 0 Å². The summed E-state index contributed by atoms with van der Waals surface area (Å²) in [7, 11) is 0. The summed E-state index contributed by atoms with van der Waals surface area (Å²) >= 11 is 0. The van der Waals surface area contributed by atoms with Crippen LogP contribution in [0.1, 0.15) is 74.1 Å². The van der Waals surface area contributed by atoms with Crippen LogP contribution in [0, 0.1) is 17.8 Å². The van der Waals surface area contributed by atoms with Gasteiger partial charge in [0.2, 0.25) is 0 Å². The van der Waals surface area contributed by atoms with E-state index in [9.17, 15) is 0 Å². The zero-order valence-electron chi connectivity index (χ0n) is 13.3. The van der Waals surface area contributed by atoms with Gasteiger partial charge in [-0.2, -0.15) is 0 Å². The minimum Gasteiger partial charge on any atom is -0.311 e. The molecule has 104 valence electrons. The quantitative estimate of drug-likeness (QED) is 0.607. The largest absolute Gasteiger partial charge is 0.311 e. The number of hydrogen-bond donors (Lipinski definition) is 1. The molecule has 0 aromatic heterocycles. The van der Waals surface area contributed by atoms with Crippen molar-refractivity contribution in [1.29, 1.82) is 0 Å². The predicted octanol–water partition coefficient (Wildman–Crippen LogP) is 4.86. The molecule has 0 aliphatic rings. The number of hydrogen-bond acceptors (Lipinski definition) is 1. The van der Waals surface area contributed by atoms with Crippen LogP contribution in [0.15, 0.2) is 0 Å². The van der Waals surface area contributed by atoms with E-state index < -0.39 is 0 Å². The lowest BCUT2D eigenvalue weighted by atomic mass is 9.79. The van der Waals surface area contributed by atoms with Crippen LogP contribution in [0.2, 0.25) is 0 Å². The lowest BCUT2D eigenvalue weighted by molar-refractivity contribution is 0.211. The monoisotopic (exact) mass is 241 g/mol. The van der Waals surface area contributed by atoms with Gasteiger partial charge in [-0.25, -0.2) is 0 Å². The van der Waals surface area contributed by atoms with Crippen LogP contribution in [-0.2, 0) is 0 Å². The van der Waals surface area contributed by atoms with Crippen molar-refractivity contribution < 1.29 is 0 Å². The van der Waals surface area contributed by atoms with Gasteiger partial charge in [0.25, 0.3) is 0 Å². The van der Waals surface area contributed by atoms with Crippen molar-refractivity contribution in [2.24, 2.45) is 17.8 Å². The molecule has 0 heterocycles. The van der Waals surface area contributed by atoms with Crippen LogP contribution < -0.4 is 5.32 Å². The molecule has 0 unspecified atom stereocenters. The summed E-state index contributed by atoms with van der Waals surface area (Å²) < 4.78 is 0. The first-order valence-corrected chi connectivity index (χ1v) is 7.56. The molecule has 0 aromatic rings. The Labute approximate surface area is 110 Å². The van der Waals surface area contributed by atoms with Crippen molar-refractivity contribution >= 4 is 0 Å². The fourth-order valence-electron chi connectivity index (χ4n) is 2.83. The molecule has 0 spiro atoms. The Morgan fingerprint density at radius 2 is 1.29 bits per heavy atom. The summed E-state index contributed by atoms with van der Waals surface area (Å²) in [6.45, 7) is 17.5. The van der Waals surface area contributed by atoms with E-state index in [0.29, 0.717) is 5.54 Å². The molecule has 0 bridgehead atoms. The van der Waals surface area contributed by atoms with E-state index in [-0.39, 0.29) is 0 Å². The molecule has 0 fully saturated rings. The molecule has 0 atom stereocenters. The zero-order valence-corrected chi connectivity index (χ0v) is 13.3. The first kappa shape index (κ1) is 17.0. The van der Waals surface area contributed by atoms with Crippen molar-refractivity contribution in [3.05, 3.63) is 0 Å². The summed E-state index contributed by atoms with van der Waals surface area (Å²) in [5.41, 5.74) is 0.372. The molecule has 0 amide bonds. The van der Waals surface area contributed by atoms with Crippen LogP contribution in [-0.4, -0.2) is 12.1 Å². The van der Waals surface area contributed by atoms with E-state index in [1.807, 2.05) is 0 Å². The van der Waals surface area contributed by atoms with E-state index in [1.54, 1.807) is 0 Å². The Morgan fingerprint density at radius 3 is 1.59 bits per heavy atom. The zero-order chi connectivity index (χ0) is 13.5. The molecule has 0 saturated heterocycles. The standard InChI is InChI=1S/C16H35N/c1-8-16(11-14(4)5,12-15(6)7)17-10-9-13(2)3/h13-15,17H,8-12H2,1-7H3. The molecule has 0 aromatic carbocycles. The normalized spacial score (nSPS) is 13.1. The summed E-state index contributed by atoms with van der Waals surface area (Å²) in [5.74, 6) is 2.36. The first-order chi connectivity index (χ1) is 7.81. The van der Waals surface area contributed by atoms with Gasteiger partial charge in [0, 0.05) is 5.54 Å². The molecule has 1 N–H and O–H groups in total. The molecule has 0 radical (unpaired) electrons. The van der Waals surface area contributed by atoms with Gasteiger partial charge in [-0.15, -0.1) is 0 Å². The smallest absolute Gasteiger partial charge is 0.0183 e. The van der Waals surface area contributed by atoms with E-state index in [2.05, 4.69) is 53.8 Å². The van der Waals surface area contributed by atoms with E-state index in [0.717, 1.165) is 17.8 Å². The molecule has 0 saturated carbocycles. The average Bonchev–Trinajstić information content (AvgIpc) is 2.14. The van der Waals surface area contributed by atoms with Gasteiger partial charge in [0.1, 0.15) is 0 Å². The van der Waals surface area contributed by atoms with Crippen LogP contribution in [0.5, 0.6) is 0 Å². The van der Waals surface area contributed by atoms with Gasteiger partial charge in [0.05, 0.1) is 0 Å². The van der Waals surface area contributed by atoms with Crippen LogP contribution in [0.25, 0.3) is 0 Å². The van der Waals surface area contributed by atoms with Gasteiger partial charge in [-0.1, -0.05) is 48.5 Å². The first-order valence-electron chi connectivity index (χ1n) is 7.56. The molecule has 17 heavy (non-hydrogen) atoms. The average molecular weight is 241 g/mol. The topological polar surface area (TPSA) is 12.0 Å². The highest BCUT2D eigenvalue weighted by Gasteiger charge is 2.29. The maximum absolute atomic E-state index is 3.88. The third-order valence-electron chi connectivity index (χ3n) is 3.50. The fourth-order valence-corrected chi connectivity index (χ4v) is 2.83. The second-order valence-corrected chi connectivity index (χ2v) is 6.94. The molecular formula is C16H35N. The van der Waals surface area contributed by atoms with Crippen molar-refractivity contribution in [3.8, 4) is 0 Å². The minimum absolute atomic E-state index is 0.372. The van der Waals surface area contributed by atoms with E-state index in [1.165, 1.54) is 32.2 Å². The highest BCUT2D eigenvalue weighted by atomic mass is 15.0. The highest BCUT2D eigenvalue weighted by molar-refractivity contribution is 4.88. The van der Waals surface area contributed by atoms with Gasteiger partial charge >= 0.3 is 0 Å². The van der Waals surface area contributed by atoms with Crippen LogP contribution in [0.4, 0.5) is 0 Å². The Hall–Kier alpha value is -0.0400. The van der Waals surface area contributed by atoms with Crippen LogP contribution >= 0.6 is 0 Å². The predicted molar refractivity (Wildman–Crippen MR) is 79.4 cm³/mol. The maximum atomic E-state index is 3.88. The third-order valence-corrected chi connectivity index (χ3v) is 3.50.